The summed E-state index contributed by atoms with van der Waals surface area (Å²) in [6.07, 6.45) is 0. The Balaban J connectivity index is 0.000000343. The third-order valence-electron chi connectivity index (χ3n) is 10.2. The fourth-order valence-corrected chi connectivity index (χ4v) is 7.24. The van der Waals surface area contributed by atoms with Crippen LogP contribution < -0.4 is 5.73 Å². The Kier molecular flexibility index (Phi) is 6.46. The van der Waals surface area contributed by atoms with Crippen LogP contribution in [0.5, 0.6) is 0 Å². The van der Waals surface area contributed by atoms with Gasteiger partial charge in [0.25, 0.3) is 0 Å². The van der Waals surface area contributed by atoms with E-state index in [1.807, 2.05) is 31.2 Å². The number of fused-ring (bicyclic) bond motifs is 8. The fourth-order valence-electron chi connectivity index (χ4n) is 7.24. The first-order valence-electron chi connectivity index (χ1n) is 15.4. The summed E-state index contributed by atoms with van der Waals surface area (Å²) in [5.41, 5.74) is 24.7. The fraction of sp³-hybridized carbons (Fsp3) is 0.317. The lowest BCUT2D eigenvalue weighted by molar-refractivity contribution is 0.650. The number of nitrogens with two attached hydrogens (primary N) is 1. The van der Waals surface area contributed by atoms with Crippen molar-refractivity contribution in [2.45, 2.75) is 86.0 Å². The van der Waals surface area contributed by atoms with Gasteiger partial charge in [-0.15, -0.1) is 0 Å². The monoisotopic (exact) mass is 551 g/mol. The second kappa shape index (κ2) is 9.60. The molecule has 0 heterocycles. The van der Waals surface area contributed by atoms with E-state index in [0.29, 0.717) is 5.92 Å². The van der Waals surface area contributed by atoms with Gasteiger partial charge in [0.05, 0.1) is 0 Å². The molecule has 214 valence electrons. The van der Waals surface area contributed by atoms with Gasteiger partial charge in [-0.05, 0) is 135 Å². The lowest BCUT2D eigenvalue weighted by Gasteiger charge is -2.24. The Morgan fingerprint density at radius 1 is 0.524 bits per heavy atom. The molecule has 0 radical (unpaired) electrons. The molecule has 0 aromatic heterocycles. The third-order valence-corrected chi connectivity index (χ3v) is 10.2. The van der Waals surface area contributed by atoms with Gasteiger partial charge in [0, 0.05) is 16.5 Å². The average molecular weight is 552 g/mol. The van der Waals surface area contributed by atoms with E-state index in [4.69, 9.17) is 5.73 Å². The maximum Gasteiger partial charge on any atom is 0.0314 e. The number of anilines is 1. The van der Waals surface area contributed by atoms with Crippen molar-refractivity contribution in [1.82, 2.24) is 0 Å². The van der Waals surface area contributed by atoms with Crippen LogP contribution in [0, 0.1) is 27.7 Å². The Morgan fingerprint density at radius 2 is 1.07 bits per heavy atom. The van der Waals surface area contributed by atoms with Gasteiger partial charge < -0.3 is 5.73 Å². The minimum atomic E-state index is -0.0117. The standard InChI is InChI=1S/C34H36.C7H9N/c1-18(2)22-10-11-23-25-16-30-27(17-29(25)33(6,7)28(23)15-22)32-26-13-20(4)19(3)12-24(26)21(5)14-31(32)34(30,8)9;1-6-2-4-7(8)5-3-6/h10-18H,1-9H3;2-5H,8H2,1H3. The Morgan fingerprint density at radius 3 is 1.69 bits per heavy atom. The van der Waals surface area contributed by atoms with Crippen molar-refractivity contribution >= 4 is 16.5 Å². The van der Waals surface area contributed by atoms with Crippen molar-refractivity contribution in [2.75, 3.05) is 5.73 Å². The van der Waals surface area contributed by atoms with Crippen molar-refractivity contribution in [3.8, 4) is 22.3 Å². The van der Waals surface area contributed by atoms with Crippen LogP contribution in [0.2, 0.25) is 0 Å². The molecule has 2 aliphatic rings. The highest BCUT2D eigenvalue weighted by atomic mass is 14.5. The van der Waals surface area contributed by atoms with Gasteiger partial charge >= 0.3 is 0 Å². The van der Waals surface area contributed by atoms with Crippen LogP contribution >= 0.6 is 0 Å². The molecule has 5 aromatic rings. The number of benzene rings is 5. The highest BCUT2D eigenvalue weighted by Gasteiger charge is 2.42. The smallest absolute Gasteiger partial charge is 0.0314 e. The van der Waals surface area contributed by atoms with Crippen LogP contribution in [-0.2, 0) is 10.8 Å². The molecular weight excluding hydrogens is 506 g/mol. The van der Waals surface area contributed by atoms with Crippen molar-refractivity contribution in [3.63, 3.8) is 0 Å². The van der Waals surface area contributed by atoms with Crippen LogP contribution in [0.4, 0.5) is 5.69 Å². The summed E-state index contributed by atoms with van der Waals surface area (Å²) in [6, 6.07) is 27.4. The predicted molar refractivity (Wildman–Crippen MR) is 183 cm³/mol. The Labute approximate surface area is 252 Å². The van der Waals surface area contributed by atoms with E-state index in [0.717, 1.165) is 5.69 Å². The van der Waals surface area contributed by atoms with Crippen molar-refractivity contribution < 1.29 is 0 Å². The average Bonchev–Trinajstić information content (AvgIpc) is 3.29. The number of aryl methyl sites for hydroxylation is 4. The third kappa shape index (κ3) is 4.20. The molecule has 0 saturated carbocycles. The quantitative estimate of drug-likeness (QED) is 0.206. The van der Waals surface area contributed by atoms with Crippen molar-refractivity contribution in [3.05, 3.63) is 123 Å². The van der Waals surface area contributed by atoms with Crippen LogP contribution in [-0.4, -0.2) is 0 Å². The van der Waals surface area contributed by atoms with E-state index in [1.165, 1.54) is 83.1 Å². The van der Waals surface area contributed by atoms with Gasteiger partial charge in [0.1, 0.15) is 0 Å². The minimum absolute atomic E-state index is 0.00446. The molecule has 0 aliphatic heterocycles. The summed E-state index contributed by atoms with van der Waals surface area (Å²) in [4.78, 5) is 0. The minimum Gasteiger partial charge on any atom is -0.399 e. The summed E-state index contributed by atoms with van der Waals surface area (Å²) in [7, 11) is 0. The van der Waals surface area contributed by atoms with E-state index < -0.39 is 0 Å². The van der Waals surface area contributed by atoms with Gasteiger partial charge in [-0.1, -0.05) is 95.6 Å². The molecule has 1 heteroatoms. The molecule has 42 heavy (non-hydrogen) atoms. The zero-order valence-electron chi connectivity index (χ0n) is 27.1. The van der Waals surface area contributed by atoms with Crippen LogP contribution in [0.15, 0.2) is 72.8 Å². The Bertz CT molecular complexity index is 1860. The largest absolute Gasteiger partial charge is 0.399 e. The van der Waals surface area contributed by atoms with Crippen molar-refractivity contribution in [1.29, 1.82) is 0 Å². The summed E-state index contributed by atoms with van der Waals surface area (Å²) >= 11 is 0. The summed E-state index contributed by atoms with van der Waals surface area (Å²) in [6.45, 7) is 23.0. The summed E-state index contributed by atoms with van der Waals surface area (Å²) in [5, 5.41) is 2.82. The lowest BCUT2D eigenvalue weighted by Crippen LogP contribution is -2.17. The van der Waals surface area contributed by atoms with Gasteiger partial charge in [-0.25, -0.2) is 0 Å². The topological polar surface area (TPSA) is 26.0 Å². The molecule has 1 nitrogen and oxygen atoms in total. The zero-order chi connectivity index (χ0) is 30.3. The van der Waals surface area contributed by atoms with E-state index in [-0.39, 0.29) is 10.8 Å². The molecule has 5 aromatic carbocycles. The molecule has 0 unspecified atom stereocenters. The SMILES string of the molecule is Cc1cc2c(C)cc3c(c2cc1C)-c1cc2c(cc1C3(C)C)-c1ccc(C(C)C)cc1C2(C)C.Cc1ccc(N)cc1. The van der Waals surface area contributed by atoms with E-state index in [9.17, 15) is 0 Å². The van der Waals surface area contributed by atoms with Gasteiger partial charge in [0.2, 0.25) is 0 Å². The molecule has 0 atom stereocenters. The Hall–Kier alpha value is -3.84. The van der Waals surface area contributed by atoms with Gasteiger partial charge in [0.15, 0.2) is 0 Å². The van der Waals surface area contributed by atoms with Crippen molar-refractivity contribution in [2.24, 2.45) is 0 Å². The number of nitrogen functional groups attached to an aromatic ring is 1. The maximum atomic E-state index is 5.43. The predicted octanol–water partition coefficient (Wildman–Crippen LogP) is 11.1. The molecule has 0 spiro atoms. The highest BCUT2D eigenvalue weighted by molar-refractivity contribution is 6.05. The molecule has 0 amide bonds. The molecule has 2 aliphatic carbocycles. The van der Waals surface area contributed by atoms with Gasteiger partial charge in [-0.2, -0.15) is 0 Å². The number of rotatable bonds is 1. The van der Waals surface area contributed by atoms with Crippen LogP contribution in [0.3, 0.4) is 0 Å². The van der Waals surface area contributed by atoms with Gasteiger partial charge in [-0.3, -0.25) is 0 Å². The summed E-state index contributed by atoms with van der Waals surface area (Å²) in [5.74, 6) is 0.543. The number of hydrogen-bond acceptors (Lipinski definition) is 1. The lowest BCUT2D eigenvalue weighted by atomic mass is 9.79. The molecule has 0 fully saturated rings. The first-order chi connectivity index (χ1) is 19.7. The van der Waals surface area contributed by atoms with E-state index >= 15 is 0 Å². The number of hydrogen-bond donors (Lipinski definition) is 1. The zero-order valence-corrected chi connectivity index (χ0v) is 27.1. The van der Waals surface area contributed by atoms with Crippen LogP contribution in [0.1, 0.15) is 97.5 Å². The highest BCUT2D eigenvalue weighted by Crippen LogP contribution is 2.57. The molecular formula is C41H45N. The van der Waals surface area contributed by atoms with E-state index in [1.54, 1.807) is 0 Å². The molecule has 2 N–H and O–H groups in total. The van der Waals surface area contributed by atoms with Crippen LogP contribution in [0.25, 0.3) is 33.0 Å². The van der Waals surface area contributed by atoms with E-state index in [2.05, 4.69) is 111 Å². The second-order valence-electron chi connectivity index (χ2n) is 14.2. The first-order valence-corrected chi connectivity index (χ1v) is 15.4. The first kappa shape index (κ1) is 28.3. The normalized spacial score (nSPS) is 15.1. The molecule has 0 bridgehead atoms. The summed E-state index contributed by atoms with van der Waals surface area (Å²) < 4.78 is 0. The molecule has 7 rings (SSSR count). The molecule has 0 saturated heterocycles. The second-order valence-corrected chi connectivity index (χ2v) is 14.2. The maximum absolute atomic E-state index is 5.43.